The summed E-state index contributed by atoms with van der Waals surface area (Å²) < 4.78 is 38.8. The molecule has 0 radical (unpaired) electrons. The van der Waals surface area contributed by atoms with Gasteiger partial charge in [-0.1, -0.05) is 12.8 Å². The normalized spacial score (nSPS) is 16.3. The molecule has 1 aliphatic carbocycles. The number of hydrogen-bond acceptors (Lipinski definition) is 6. The van der Waals surface area contributed by atoms with Gasteiger partial charge >= 0.3 is 6.18 Å². The third-order valence-electron chi connectivity index (χ3n) is 4.23. The van der Waals surface area contributed by atoms with Gasteiger partial charge in [0, 0.05) is 6.54 Å². The SMILES string of the molecule is Cc1nc(C(=O)NC2(CN)CCCC2)nn1-c1n[nH]c(C(F)(F)F)n1.Cl. The van der Waals surface area contributed by atoms with Crippen LogP contribution in [0.25, 0.3) is 5.95 Å². The highest BCUT2D eigenvalue weighted by atomic mass is 35.5. The Morgan fingerprint density at radius 3 is 2.54 bits per heavy atom. The van der Waals surface area contributed by atoms with Crippen LogP contribution in [0.3, 0.4) is 0 Å². The number of halogens is 4. The van der Waals surface area contributed by atoms with Crippen molar-refractivity contribution in [2.75, 3.05) is 6.54 Å². The van der Waals surface area contributed by atoms with Gasteiger partial charge in [0.05, 0.1) is 5.54 Å². The predicted molar refractivity (Wildman–Crippen MR) is 86.0 cm³/mol. The summed E-state index contributed by atoms with van der Waals surface area (Å²) in [6.45, 7) is 1.79. The second-order valence-corrected chi connectivity index (χ2v) is 6.02. The molecular weight excluding hydrogens is 377 g/mol. The van der Waals surface area contributed by atoms with Crippen molar-refractivity contribution in [3.8, 4) is 5.95 Å². The van der Waals surface area contributed by atoms with E-state index in [1.165, 1.54) is 6.92 Å². The third-order valence-corrected chi connectivity index (χ3v) is 4.23. The standard InChI is InChI=1S/C13H17F3N8O.ClH/c1-7-18-8(9(25)20-12(6-17)4-2-3-5-12)23-24(7)11-19-10(21-22-11)13(14,15)16;/h2-6,17H2,1H3,(H,20,25)(H,19,21,22);1H. The van der Waals surface area contributed by atoms with Crippen LogP contribution in [0, 0.1) is 6.92 Å². The fourth-order valence-corrected chi connectivity index (χ4v) is 2.88. The van der Waals surface area contributed by atoms with E-state index in [1.807, 2.05) is 0 Å². The molecule has 1 aliphatic rings. The summed E-state index contributed by atoms with van der Waals surface area (Å²) >= 11 is 0. The Hall–Kier alpha value is -2.21. The van der Waals surface area contributed by atoms with E-state index in [0.717, 1.165) is 30.4 Å². The lowest BCUT2D eigenvalue weighted by Crippen LogP contribution is -2.51. The molecule has 2 aromatic rings. The highest BCUT2D eigenvalue weighted by Gasteiger charge is 2.37. The van der Waals surface area contributed by atoms with Crippen LogP contribution in [-0.2, 0) is 6.18 Å². The Morgan fingerprint density at radius 2 is 2.00 bits per heavy atom. The van der Waals surface area contributed by atoms with Gasteiger partial charge in [0.25, 0.3) is 11.9 Å². The van der Waals surface area contributed by atoms with Gasteiger partial charge in [-0.2, -0.15) is 22.8 Å². The van der Waals surface area contributed by atoms with Crippen molar-refractivity contribution in [1.29, 1.82) is 0 Å². The topological polar surface area (TPSA) is 127 Å². The van der Waals surface area contributed by atoms with Gasteiger partial charge in [0.1, 0.15) is 5.82 Å². The largest absolute Gasteiger partial charge is 0.451 e. The molecule has 1 fully saturated rings. The average molecular weight is 395 g/mol. The fraction of sp³-hybridized carbons (Fsp3) is 0.615. The molecular formula is C13H18ClF3N8O. The Labute approximate surface area is 152 Å². The van der Waals surface area contributed by atoms with Gasteiger partial charge in [0.15, 0.2) is 0 Å². The Kier molecular flexibility index (Phi) is 5.56. The first-order valence-corrected chi connectivity index (χ1v) is 7.70. The quantitative estimate of drug-likeness (QED) is 0.713. The number of rotatable bonds is 4. The summed E-state index contributed by atoms with van der Waals surface area (Å²) in [5.74, 6) is -2.11. The maximum atomic E-state index is 12.6. The molecule has 0 atom stereocenters. The number of aromatic amines is 1. The zero-order valence-corrected chi connectivity index (χ0v) is 14.6. The Balaban J connectivity index is 0.00000243. The highest BCUT2D eigenvalue weighted by molar-refractivity contribution is 5.91. The second-order valence-electron chi connectivity index (χ2n) is 6.02. The van der Waals surface area contributed by atoms with Crippen molar-refractivity contribution in [2.45, 2.75) is 44.3 Å². The summed E-state index contributed by atoms with van der Waals surface area (Å²) in [4.78, 5) is 19.7. The molecule has 26 heavy (non-hydrogen) atoms. The molecule has 3 rings (SSSR count). The first-order valence-electron chi connectivity index (χ1n) is 7.70. The molecule has 0 spiro atoms. The minimum absolute atomic E-state index is 0. The number of H-pyrrole nitrogens is 1. The van der Waals surface area contributed by atoms with E-state index in [-0.39, 0.29) is 30.0 Å². The van der Waals surface area contributed by atoms with Crippen LogP contribution in [0.1, 0.15) is 48.0 Å². The lowest BCUT2D eigenvalue weighted by atomic mass is 9.98. The summed E-state index contributed by atoms with van der Waals surface area (Å²) in [6, 6.07) is 0. The summed E-state index contributed by atoms with van der Waals surface area (Å²) in [6.07, 6.45) is -1.18. The lowest BCUT2D eigenvalue weighted by Gasteiger charge is -2.27. The van der Waals surface area contributed by atoms with Gasteiger partial charge in [-0.3, -0.25) is 9.89 Å². The smallest absolute Gasteiger partial charge is 0.343 e. The number of carbonyl (C=O) groups is 1. The highest BCUT2D eigenvalue weighted by Crippen LogP contribution is 2.29. The molecule has 1 saturated carbocycles. The molecule has 0 saturated heterocycles. The number of amides is 1. The minimum Gasteiger partial charge on any atom is -0.343 e. The Morgan fingerprint density at radius 1 is 1.35 bits per heavy atom. The number of nitrogens with two attached hydrogens (primary N) is 1. The van der Waals surface area contributed by atoms with Crippen LogP contribution in [0.15, 0.2) is 0 Å². The molecule has 4 N–H and O–H groups in total. The zero-order chi connectivity index (χ0) is 18.2. The molecule has 13 heteroatoms. The third kappa shape index (κ3) is 3.80. The second kappa shape index (κ2) is 7.19. The maximum absolute atomic E-state index is 12.6. The molecule has 144 valence electrons. The number of aromatic nitrogens is 6. The minimum atomic E-state index is -4.66. The van der Waals surface area contributed by atoms with Crippen molar-refractivity contribution >= 4 is 18.3 Å². The van der Waals surface area contributed by atoms with Crippen molar-refractivity contribution in [3.63, 3.8) is 0 Å². The van der Waals surface area contributed by atoms with Gasteiger partial charge in [-0.25, -0.2) is 4.98 Å². The van der Waals surface area contributed by atoms with Crippen molar-refractivity contribution < 1.29 is 18.0 Å². The number of alkyl halides is 3. The van der Waals surface area contributed by atoms with Crippen LogP contribution in [0.4, 0.5) is 13.2 Å². The molecule has 2 heterocycles. The monoisotopic (exact) mass is 394 g/mol. The molecule has 2 aromatic heterocycles. The number of aryl methyl sites for hydroxylation is 1. The van der Waals surface area contributed by atoms with Gasteiger partial charge < -0.3 is 11.1 Å². The van der Waals surface area contributed by atoms with Gasteiger partial charge in [0.2, 0.25) is 11.6 Å². The van der Waals surface area contributed by atoms with Crippen LogP contribution in [-0.4, -0.2) is 47.9 Å². The van der Waals surface area contributed by atoms with Gasteiger partial charge in [-0.15, -0.1) is 22.6 Å². The van der Waals surface area contributed by atoms with Crippen LogP contribution in [0.2, 0.25) is 0 Å². The maximum Gasteiger partial charge on any atom is 0.451 e. The summed E-state index contributed by atoms with van der Waals surface area (Å²) in [7, 11) is 0. The average Bonchev–Trinajstić information content (AvgIpc) is 3.25. The fourth-order valence-electron chi connectivity index (χ4n) is 2.88. The number of carbonyl (C=O) groups excluding carboxylic acids is 1. The van der Waals surface area contributed by atoms with Crippen LogP contribution < -0.4 is 11.1 Å². The van der Waals surface area contributed by atoms with Crippen molar-refractivity contribution in [2.24, 2.45) is 5.73 Å². The zero-order valence-electron chi connectivity index (χ0n) is 13.8. The van der Waals surface area contributed by atoms with Crippen molar-refractivity contribution in [1.82, 2.24) is 35.3 Å². The van der Waals surface area contributed by atoms with Gasteiger partial charge in [-0.05, 0) is 19.8 Å². The molecule has 0 bridgehead atoms. The Bertz CT molecular complexity index is 781. The molecule has 0 aliphatic heterocycles. The number of hydrogen-bond donors (Lipinski definition) is 3. The van der Waals surface area contributed by atoms with E-state index in [9.17, 15) is 18.0 Å². The van der Waals surface area contributed by atoms with E-state index in [1.54, 1.807) is 5.10 Å². The molecule has 9 nitrogen and oxygen atoms in total. The molecule has 0 unspecified atom stereocenters. The van der Waals surface area contributed by atoms with E-state index >= 15 is 0 Å². The predicted octanol–water partition coefficient (Wildman–Crippen LogP) is 1.14. The van der Waals surface area contributed by atoms with E-state index in [0.29, 0.717) is 6.54 Å². The first kappa shape index (κ1) is 20.1. The summed E-state index contributed by atoms with van der Waals surface area (Å²) in [5.41, 5.74) is 5.29. The molecule has 1 amide bonds. The molecule has 0 aromatic carbocycles. The van der Waals surface area contributed by atoms with Crippen LogP contribution >= 0.6 is 12.4 Å². The van der Waals surface area contributed by atoms with E-state index in [2.05, 4.69) is 25.5 Å². The lowest BCUT2D eigenvalue weighted by molar-refractivity contribution is -0.144. The number of nitrogens with one attached hydrogen (secondary N) is 2. The van der Waals surface area contributed by atoms with E-state index < -0.39 is 23.4 Å². The summed E-state index contributed by atoms with van der Waals surface area (Å²) in [5, 5.41) is 12.0. The van der Waals surface area contributed by atoms with Crippen LogP contribution in [0.5, 0.6) is 0 Å². The van der Waals surface area contributed by atoms with E-state index in [4.69, 9.17) is 5.73 Å². The first-order chi connectivity index (χ1) is 11.7. The number of nitrogens with zero attached hydrogens (tertiary/aromatic N) is 5. The van der Waals surface area contributed by atoms with Crippen molar-refractivity contribution in [3.05, 3.63) is 17.5 Å².